The number of piperidine rings is 1. The summed E-state index contributed by atoms with van der Waals surface area (Å²) in [6, 6.07) is 14.4. The fraction of sp³-hybridized carbons (Fsp3) is 0.333. The number of hydrogen-bond acceptors (Lipinski definition) is 3. The van der Waals surface area contributed by atoms with Gasteiger partial charge in [-0.25, -0.2) is 4.98 Å². The summed E-state index contributed by atoms with van der Waals surface area (Å²) in [6.45, 7) is 2.67. The Bertz CT molecular complexity index is 743. The molecule has 136 valence electrons. The van der Waals surface area contributed by atoms with E-state index in [4.69, 9.17) is 4.74 Å². The van der Waals surface area contributed by atoms with Gasteiger partial charge in [0.25, 0.3) is 0 Å². The smallest absolute Gasteiger partial charge is 0.212 e. The Hall–Kier alpha value is -2.82. The molecular weight excluding hydrogens is 324 g/mol. The molecule has 1 aromatic heterocycles. The number of aromatic nitrogens is 1. The van der Waals surface area contributed by atoms with Crippen molar-refractivity contribution in [1.29, 1.82) is 0 Å². The van der Waals surface area contributed by atoms with E-state index in [1.807, 2.05) is 25.4 Å². The van der Waals surface area contributed by atoms with Gasteiger partial charge < -0.3 is 15.0 Å². The molecule has 26 heavy (non-hydrogen) atoms. The van der Waals surface area contributed by atoms with Gasteiger partial charge in [0.15, 0.2) is 5.96 Å². The van der Waals surface area contributed by atoms with Crippen LogP contribution in [0.15, 0.2) is 59.2 Å². The third-order valence-corrected chi connectivity index (χ3v) is 4.54. The maximum Gasteiger partial charge on any atom is 0.212 e. The van der Waals surface area contributed by atoms with Gasteiger partial charge in [0, 0.05) is 38.9 Å². The van der Waals surface area contributed by atoms with Crippen LogP contribution in [0.3, 0.4) is 0 Å². The van der Waals surface area contributed by atoms with Crippen LogP contribution in [0.2, 0.25) is 0 Å². The summed E-state index contributed by atoms with van der Waals surface area (Å²) in [7, 11) is 3.46. The first-order valence-corrected chi connectivity index (χ1v) is 8.97. The van der Waals surface area contributed by atoms with Crippen molar-refractivity contribution in [2.45, 2.75) is 19.4 Å². The van der Waals surface area contributed by atoms with Crippen molar-refractivity contribution in [1.82, 2.24) is 15.2 Å². The minimum absolute atomic E-state index is 0.631. The van der Waals surface area contributed by atoms with Crippen molar-refractivity contribution in [3.8, 4) is 5.88 Å². The molecule has 0 bridgehead atoms. The van der Waals surface area contributed by atoms with Crippen molar-refractivity contribution < 1.29 is 4.74 Å². The summed E-state index contributed by atoms with van der Waals surface area (Å²) in [5.41, 5.74) is 3.89. The Labute approximate surface area is 155 Å². The van der Waals surface area contributed by atoms with E-state index in [0.29, 0.717) is 12.4 Å². The zero-order chi connectivity index (χ0) is 18.2. The lowest BCUT2D eigenvalue weighted by atomic mass is 10.0. The van der Waals surface area contributed by atoms with Gasteiger partial charge in [-0.3, -0.25) is 4.99 Å². The highest BCUT2D eigenvalue weighted by Crippen LogP contribution is 2.19. The zero-order valence-corrected chi connectivity index (χ0v) is 15.5. The quantitative estimate of drug-likeness (QED) is 0.679. The van der Waals surface area contributed by atoms with E-state index >= 15 is 0 Å². The summed E-state index contributed by atoms with van der Waals surface area (Å²) < 4.78 is 5.09. The number of methoxy groups -OCH3 is 1. The molecule has 2 heterocycles. The Morgan fingerprint density at radius 3 is 2.58 bits per heavy atom. The highest BCUT2D eigenvalue weighted by molar-refractivity contribution is 5.80. The largest absolute Gasteiger partial charge is 0.481 e. The number of nitrogens with zero attached hydrogens (tertiary/aromatic N) is 3. The number of pyridine rings is 1. The van der Waals surface area contributed by atoms with Crippen LogP contribution < -0.4 is 10.1 Å². The van der Waals surface area contributed by atoms with Crippen molar-refractivity contribution >= 4 is 12.0 Å². The zero-order valence-electron chi connectivity index (χ0n) is 15.5. The number of likely N-dealkylation sites (tertiary alicyclic amines) is 1. The lowest BCUT2D eigenvalue weighted by Gasteiger charge is -2.31. The van der Waals surface area contributed by atoms with Crippen LogP contribution >= 0.6 is 0 Å². The molecule has 1 aliphatic rings. The van der Waals surface area contributed by atoms with Gasteiger partial charge >= 0.3 is 0 Å². The summed E-state index contributed by atoms with van der Waals surface area (Å²) >= 11 is 0. The Morgan fingerprint density at radius 1 is 1.19 bits per heavy atom. The second kappa shape index (κ2) is 9.04. The van der Waals surface area contributed by atoms with Crippen LogP contribution in [0.1, 0.15) is 24.0 Å². The predicted octanol–water partition coefficient (Wildman–Crippen LogP) is 3.35. The summed E-state index contributed by atoms with van der Waals surface area (Å²) in [4.78, 5) is 11.0. The highest BCUT2D eigenvalue weighted by Gasteiger charge is 2.17. The normalized spacial score (nSPS) is 14.9. The SMILES string of the molecule is CN=C(NCc1ccc(OC)nc1)N1CCC(=Cc2ccccc2)CC1. The number of rotatable bonds is 4. The number of benzene rings is 1. The first-order chi connectivity index (χ1) is 12.8. The average molecular weight is 350 g/mol. The van der Waals surface area contributed by atoms with Crippen LogP contribution in [0, 0.1) is 0 Å². The predicted molar refractivity (Wildman–Crippen MR) is 106 cm³/mol. The molecule has 5 heteroatoms. The van der Waals surface area contributed by atoms with E-state index in [2.05, 4.69) is 56.6 Å². The van der Waals surface area contributed by atoms with Crippen molar-refractivity contribution in [3.05, 3.63) is 65.4 Å². The molecule has 0 amide bonds. The summed E-state index contributed by atoms with van der Waals surface area (Å²) in [5, 5.41) is 3.43. The highest BCUT2D eigenvalue weighted by atomic mass is 16.5. The van der Waals surface area contributed by atoms with Gasteiger partial charge in [0.1, 0.15) is 0 Å². The molecule has 1 N–H and O–H groups in total. The van der Waals surface area contributed by atoms with E-state index in [0.717, 1.165) is 37.5 Å². The van der Waals surface area contributed by atoms with E-state index in [1.54, 1.807) is 7.11 Å². The van der Waals surface area contributed by atoms with Gasteiger partial charge in [-0.2, -0.15) is 0 Å². The third-order valence-electron chi connectivity index (χ3n) is 4.54. The fourth-order valence-corrected chi connectivity index (χ4v) is 3.08. The molecular formula is C21H26N4O. The van der Waals surface area contributed by atoms with Crippen LogP contribution in [0.25, 0.3) is 6.08 Å². The fourth-order valence-electron chi connectivity index (χ4n) is 3.08. The van der Waals surface area contributed by atoms with Gasteiger partial charge in [-0.15, -0.1) is 0 Å². The molecule has 0 saturated carbocycles. The van der Waals surface area contributed by atoms with Crippen LogP contribution in [0.4, 0.5) is 0 Å². The molecule has 5 nitrogen and oxygen atoms in total. The first kappa shape index (κ1) is 18.0. The summed E-state index contributed by atoms with van der Waals surface area (Å²) in [6.07, 6.45) is 6.28. The Kier molecular flexibility index (Phi) is 6.25. The number of ether oxygens (including phenoxy) is 1. The molecule has 1 fully saturated rings. The second-order valence-corrected chi connectivity index (χ2v) is 6.31. The topological polar surface area (TPSA) is 49.8 Å². The molecule has 1 aliphatic heterocycles. The van der Waals surface area contributed by atoms with Crippen molar-refractivity contribution in [2.24, 2.45) is 4.99 Å². The van der Waals surface area contributed by atoms with Crippen molar-refractivity contribution in [2.75, 3.05) is 27.2 Å². The molecule has 2 aromatic rings. The molecule has 1 aromatic carbocycles. The average Bonchev–Trinajstić information content (AvgIpc) is 2.71. The van der Waals surface area contributed by atoms with Crippen LogP contribution in [0.5, 0.6) is 5.88 Å². The molecule has 0 spiro atoms. The molecule has 0 radical (unpaired) electrons. The standard InChI is InChI=1S/C21H26N4O/c1-22-21(24-16-19-8-9-20(26-2)23-15-19)25-12-10-18(11-13-25)14-17-6-4-3-5-7-17/h3-9,14-15H,10-13,16H2,1-2H3,(H,22,24). The van der Waals surface area contributed by atoms with Gasteiger partial charge in [0.05, 0.1) is 7.11 Å². The monoisotopic (exact) mass is 350 g/mol. The van der Waals surface area contributed by atoms with Crippen molar-refractivity contribution in [3.63, 3.8) is 0 Å². The minimum atomic E-state index is 0.631. The minimum Gasteiger partial charge on any atom is -0.481 e. The number of nitrogens with one attached hydrogen (secondary N) is 1. The lowest BCUT2D eigenvalue weighted by Crippen LogP contribution is -2.44. The first-order valence-electron chi connectivity index (χ1n) is 8.97. The van der Waals surface area contributed by atoms with E-state index in [-0.39, 0.29) is 0 Å². The maximum absolute atomic E-state index is 5.09. The van der Waals surface area contributed by atoms with Gasteiger partial charge in [-0.05, 0) is 24.0 Å². The van der Waals surface area contributed by atoms with Gasteiger partial charge in [0.2, 0.25) is 5.88 Å². The van der Waals surface area contributed by atoms with E-state index in [1.165, 1.54) is 11.1 Å². The van der Waals surface area contributed by atoms with E-state index in [9.17, 15) is 0 Å². The third kappa shape index (κ3) is 4.85. The number of aliphatic imine (C=N–C) groups is 1. The molecule has 3 rings (SSSR count). The van der Waals surface area contributed by atoms with Crippen LogP contribution in [-0.4, -0.2) is 43.1 Å². The van der Waals surface area contributed by atoms with Gasteiger partial charge in [-0.1, -0.05) is 48.0 Å². The lowest BCUT2D eigenvalue weighted by molar-refractivity contribution is 0.375. The van der Waals surface area contributed by atoms with E-state index < -0.39 is 0 Å². The number of hydrogen-bond donors (Lipinski definition) is 1. The molecule has 0 aliphatic carbocycles. The number of guanidine groups is 1. The maximum atomic E-state index is 5.09. The second-order valence-electron chi connectivity index (χ2n) is 6.31. The Balaban J connectivity index is 1.52. The van der Waals surface area contributed by atoms with Crippen LogP contribution in [-0.2, 0) is 6.54 Å². The Morgan fingerprint density at radius 2 is 1.96 bits per heavy atom. The molecule has 0 atom stereocenters. The summed E-state index contributed by atoms with van der Waals surface area (Å²) in [5.74, 6) is 1.58. The molecule has 1 saturated heterocycles. The molecule has 0 unspecified atom stereocenters.